The van der Waals surface area contributed by atoms with Crippen LogP contribution >= 0.6 is 27.5 Å². The Balaban J connectivity index is 1.55. The summed E-state index contributed by atoms with van der Waals surface area (Å²) in [6.45, 7) is 0. The second-order valence-electron chi connectivity index (χ2n) is 8.52. The minimum absolute atomic E-state index is 0.200. The molecule has 6 rings (SSSR count). The van der Waals surface area contributed by atoms with Crippen molar-refractivity contribution < 1.29 is 23.9 Å². The number of anilines is 1. The lowest BCUT2D eigenvalue weighted by Crippen LogP contribution is -2.51. The van der Waals surface area contributed by atoms with Gasteiger partial charge in [-0.3, -0.25) is 19.2 Å². The first-order chi connectivity index (χ1) is 16.3. The first-order valence-electron chi connectivity index (χ1n) is 10.6. The summed E-state index contributed by atoms with van der Waals surface area (Å²) >= 11 is 9.41. The lowest BCUT2D eigenvalue weighted by atomic mass is 9.77. The summed E-state index contributed by atoms with van der Waals surface area (Å²) in [7, 11) is 0. The Morgan fingerprint density at radius 3 is 2.09 bits per heavy atom. The van der Waals surface area contributed by atoms with Gasteiger partial charge in [0, 0.05) is 20.6 Å². The highest BCUT2D eigenvalue weighted by atomic mass is 79.9. The summed E-state index contributed by atoms with van der Waals surface area (Å²) in [4.78, 5) is 56.0. The average molecular weight is 537 g/mol. The number of benzene rings is 3. The molecule has 3 aromatic rings. The zero-order valence-corrected chi connectivity index (χ0v) is 19.7. The fourth-order valence-electron chi connectivity index (χ4n) is 5.35. The molecule has 3 unspecified atom stereocenters. The van der Waals surface area contributed by atoms with Gasteiger partial charge in [0.1, 0.15) is 0 Å². The highest BCUT2D eigenvalue weighted by molar-refractivity contribution is 9.10. The van der Waals surface area contributed by atoms with Gasteiger partial charge in [-0.15, -0.1) is 0 Å². The minimum Gasteiger partial charge on any atom is -0.349 e. The second kappa shape index (κ2) is 7.43. The van der Waals surface area contributed by atoms with E-state index in [2.05, 4.69) is 15.9 Å². The third-order valence-corrected chi connectivity index (χ3v) is 7.53. The average Bonchev–Trinajstić information content (AvgIpc) is 3.40. The molecular formula is C26H15BrClNO5. The Hall–Kier alpha value is -3.13. The van der Waals surface area contributed by atoms with E-state index in [0.29, 0.717) is 16.3 Å². The quantitative estimate of drug-likeness (QED) is 0.347. The van der Waals surface area contributed by atoms with Crippen LogP contribution in [0.3, 0.4) is 0 Å². The molecule has 0 radical (unpaired) electrons. The van der Waals surface area contributed by atoms with Crippen LogP contribution in [0.25, 0.3) is 0 Å². The zero-order valence-electron chi connectivity index (χ0n) is 17.4. The van der Waals surface area contributed by atoms with Gasteiger partial charge in [-0.05, 0) is 42.0 Å². The van der Waals surface area contributed by atoms with Gasteiger partial charge < -0.3 is 4.74 Å². The van der Waals surface area contributed by atoms with E-state index in [1.165, 1.54) is 0 Å². The fourth-order valence-corrected chi connectivity index (χ4v) is 5.89. The van der Waals surface area contributed by atoms with Crippen LogP contribution in [0, 0.1) is 11.8 Å². The van der Waals surface area contributed by atoms with Crippen LogP contribution in [0.2, 0.25) is 5.02 Å². The van der Waals surface area contributed by atoms with Crippen molar-refractivity contribution >= 4 is 56.6 Å². The molecule has 8 heteroatoms. The van der Waals surface area contributed by atoms with Crippen molar-refractivity contribution in [3.05, 3.63) is 99.0 Å². The van der Waals surface area contributed by atoms with Gasteiger partial charge in [0.15, 0.2) is 0 Å². The predicted octanol–water partition coefficient (Wildman–Crippen LogP) is 4.80. The van der Waals surface area contributed by atoms with Gasteiger partial charge in [-0.1, -0.05) is 63.9 Å². The molecule has 1 aliphatic carbocycles. The summed E-state index contributed by atoms with van der Waals surface area (Å²) in [6.07, 6.45) is -0.960. The number of Topliss-reactive ketones (excluding diaryl/α,β-unsaturated/α-hetero) is 2. The molecule has 0 N–H and O–H groups in total. The molecule has 2 aliphatic heterocycles. The number of ketones is 2. The largest absolute Gasteiger partial charge is 0.349 e. The van der Waals surface area contributed by atoms with Gasteiger partial charge >= 0.3 is 0 Å². The summed E-state index contributed by atoms with van der Waals surface area (Å²) in [5, 5.41) is 0.450. The number of hydrogen-bond acceptors (Lipinski definition) is 5. The van der Waals surface area contributed by atoms with E-state index < -0.39 is 46.9 Å². The van der Waals surface area contributed by atoms with Crippen LogP contribution in [-0.2, 0) is 14.3 Å². The smallest absolute Gasteiger partial charge is 0.241 e. The predicted molar refractivity (Wildman–Crippen MR) is 127 cm³/mol. The lowest BCUT2D eigenvalue weighted by molar-refractivity contribution is -0.127. The Bertz CT molecular complexity index is 1380. The first kappa shape index (κ1) is 21.4. The van der Waals surface area contributed by atoms with Crippen molar-refractivity contribution in [1.29, 1.82) is 0 Å². The topological polar surface area (TPSA) is 80.8 Å². The number of rotatable bonds is 2. The van der Waals surface area contributed by atoms with Gasteiger partial charge in [0.05, 0.1) is 23.6 Å². The number of fused-ring (bicyclic) bond motifs is 3. The number of nitrogens with zero attached hydrogens (tertiary/aromatic N) is 1. The molecule has 3 atom stereocenters. The number of imide groups is 1. The molecule has 0 bridgehead atoms. The maximum Gasteiger partial charge on any atom is 0.241 e. The Kier molecular flexibility index (Phi) is 4.68. The van der Waals surface area contributed by atoms with E-state index in [1.54, 1.807) is 66.7 Å². The SMILES string of the molecule is O=C1C2C(c3cccc(Br)c3)OC3(C(=O)c4ccccc4C3=O)C2C(=O)N1c1ccc(Cl)cc1. The van der Waals surface area contributed by atoms with Crippen molar-refractivity contribution in [3.8, 4) is 0 Å². The van der Waals surface area contributed by atoms with E-state index in [9.17, 15) is 19.2 Å². The van der Waals surface area contributed by atoms with E-state index in [1.807, 2.05) is 6.07 Å². The van der Waals surface area contributed by atoms with Crippen LogP contribution in [0.4, 0.5) is 5.69 Å². The molecule has 3 aromatic carbocycles. The normalized spacial score (nSPS) is 24.8. The molecular weight excluding hydrogens is 522 g/mol. The molecule has 2 heterocycles. The van der Waals surface area contributed by atoms with E-state index in [4.69, 9.17) is 16.3 Å². The highest BCUT2D eigenvalue weighted by Gasteiger charge is 2.74. The molecule has 34 heavy (non-hydrogen) atoms. The van der Waals surface area contributed by atoms with Crippen LogP contribution in [0.1, 0.15) is 32.4 Å². The monoisotopic (exact) mass is 535 g/mol. The lowest BCUT2D eigenvalue weighted by Gasteiger charge is -2.27. The molecule has 2 saturated heterocycles. The maximum absolute atomic E-state index is 13.8. The van der Waals surface area contributed by atoms with Gasteiger partial charge in [-0.25, -0.2) is 4.90 Å². The van der Waals surface area contributed by atoms with Crippen LogP contribution in [0.15, 0.2) is 77.3 Å². The Morgan fingerprint density at radius 1 is 0.824 bits per heavy atom. The number of carbonyl (C=O) groups excluding carboxylic acids is 4. The second-order valence-corrected chi connectivity index (χ2v) is 9.88. The van der Waals surface area contributed by atoms with Crippen LogP contribution < -0.4 is 4.90 Å². The standard InChI is InChI=1S/C26H15BrClNO5/c27-14-5-3-4-13(12-14)21-19-20(25(33)29(24(19)32)16-10-8-15(28)9-11-16)26(34-21)22(30)17-6-1-2-7-18(17)23(26)31/h1-12,19-21H. The molecule has 2 fully saturated rings. The fraction of sp³-hybridized carbons (Fsp3) is 0.154. The van der Waals surface area contributed by atoms with E-state index in [-0.39, 0.29) is 11.1 Å². The molecule has 0 saturated carbocycles. The van der Waals surface area contributed by atoms with Gasteiger partial charge in [0.25, 0.3) is 0 Å². The molecule has 0 aromatic heterocycles. The summed E-state index contributed by atoms with van der Waals surface area (Å²) in [6, 6.07) is 19.8. The van der Waals surface area contributed by atoms with Crippen molar-refractivity contribution in [1.82, 2.24) is 0 Å². The molecule has 6 nitrogen and oxygen atoms in total. The molecule has 168 valence electrons. The van der Waals surface area contributed by atoms with Gasteiger partial charge in [-0.2, -0.15) is 0 Å². The zero-order chi connectivity index (χ0) is 23.8. The molecule has 1 spiro atoms. The summed E-state index contributed by atoms with van der Waals surface area (Å²) in [5.74, 6) is -4.65. The van der Waals surface area contributed by atoms with Crippen molar-refractivity contribution in [3.63, 3.8) is 0 Å². The van der Waals surface area contributed by atoms with E-state index in [0.717, 1.165) is 9.37 Å². The first-order valence-corrected chi connectivity index (χ1v) is 11.8. The Labute approximate surface area is 207 Å². The number of ether oxygens (including phenoxy) is 1. The number of hydrogen-bond donors (Lipinski definition) is 0. The summed E-state index contributed by atoms with van der Waals surface area (Å²) < 4.78 is 7.00. The minimum atomic E-state index is -2.09. The third-order valence-electron chi connectivity index (χ3n) is 6.78. The van der Waals surface area contributed by atoms with Crippen molar-refractivity contribution in [2.75, 3.05) is 4.90 Å². The Morgan fingerprint density at radius 2 is 1.47 bits per heavy atom. The molecule has 2 amide bonds. The molecule has 3 aliphatic rings. The highest BCUT2D eigenvalue weighted by Crippen LogP contribution is 2.57. The summed E-state index contributed by atoms with van der Waals surface area (Å²) in [5.41, 5.74) is -0.767. The van der Waals surface area contributed by atoms with Gasteiger partial charge in [0.2, 0.25) is 29.0 Å². The third kappa shape index (κ3) is 2.72. The van der Waals surface area contributed by atoms with Crippen LogP contribution in [-0.4, -0.2) is 29.0 Å². The van der Waals surface area contributed by atoms with Crippen molar-refractivity contribution in [2.24, 2.45) is 11.8 Å². The number of halogens is 2. The number of amides is 2. The maximum atomic E-state index is 13.8. The van der Waals surface area contributed by atoms with Crippen LogP contribution in [0.5, 0.6) is 0 Å². The number of carbonyl (C=O) groups is 4. The van der Waals surface area contributed by atoms with E-state index >= 15 is 0 Å². The van der Waals surface area contributed by atoms with Crippen molar-refractivity contribution in [2.45, 2.75) is 11.7 Å².